The van der Waals surface area contributed by atoms with Crippen LogP contribution >= 0.6 is 0 Å². The molecule has 1 aliphatic carbocycles. The van der Waals surface area contributed by atoms with Crippen molar-refractivity contribution in [2.75, 3.05) is 19.6 Å². The van der Waals surface area contributed by atoms with Crippen molar-refractivity contribution in [2.45, 2.75) is 37.8 Å². The molecule has 1 saturated heterocycles. The summed E-state index contributed by atoms with van der Waals surface area (Å²) < 4.78 is 0. The second kappa shape index (κ2) is 6.85. The van der Waals surface area contributed by atoms with Crippen molar-refractivity contribution < 1.29 is 0 Å². The van der Waals surface area contributed by atoms with Crippen LogP contribution < -0.4 is 5.32 Å². The highest BCUT2D eigenvalue weighted by atomic mass is 15.1. The molecule has 4 heteroatoms. The maximum Gasteiger partial charge on any atom is 0.0532 e. The van der Waals surface area contributed by atoms with Crippen LogP contribution in [0.3, 0.4) is 0 Å². The lowest BCUT2D eigenvalue weighted by Crippen LogP contribution is -2.37. The summed E-state index contributed by atoms with van der Waals surface area (Å²) in [5.41, 5.74) is 2.80. The van der Waals surface area contributed by atoms with E-state index in [0.29, 0.717) is 6.04 Å². The van der Waals surface area contributed by atoms with Gasteiger partial charge in [0, 0.05) is 30.3 Å². The van der Waals surface area contributed by atoms with Crippen LogP contribution in [0, 0.1) is 5.92 Å². The van der Waals surface area contributed by atoms with Crippen LogP contribution in [0.2, 0.25) is 0 Å². The number of hydrogen-bond acceptors (Lipinski definition) is 3. The van der Waals surface area contributed by atoms with Crippen LogP contribution in [0.1, 0.15) is 36.3 Å². The fraction of sp³-hybridized carbons (Fsp3) is 0.526. The molecular formula is C19H26N4. The van der Waals surface area contributed by atoms with Crippen molar-refractivity contribution in [1.82, 2.24) is 20.4 Å². The van der Waals surface area contributed by atoms with Gasteiger partial charge in [0.05, 0.1) is 6.20 Å². The zero-order chi connectivity index (χ0) is 15.5. The summed E-state index contributed by atoms with van der Waals surface area (Å²) in [5, 5.41) is 10.7. The molecule has 0 radical (unpaired) electrons. The summed E-state index contributed by atoms with van der Waals surface area (Å²) in [6, 6.07) is 11.6. The van der Waals surface area contributed by atoms with Crippen LogP contribution in [0.4, 0.5) is 0 Å². The number of rotatable bonds is 6. The number of aromatic amines is 1. The van der Waals surface area contributed by atoms with E-state index in [4.69, 9.17) is 0 Å². The Labute approximate surface area is 138 Å². The van der Waals surface area contributed by atoms with E-state index in [-0.39, 0.29) is 0 Å². The number of aromatic nitrogens is 2. The lowest BCUT2D eigenvalue weighted by atomic mass is 9.96. The van der Waals surface area contributed by atoms with Gasteiger partial charge in [-0.3, -0.25) is 10.00 Å². The standard InChI is InChI=1S/C19H26N4/c1-2-4-17(5-3-1)18-10-19(18)20-11-15-6-8-23(9-7-15)14-16-12-21-22-13-16/h1-5,12-13,15,18-20H,6-11,14H2,(H,21,22)/t18-,19+/m0/s1. The zero-order valence-electron chi connectivity index (χ0n) is 13.6. The highest BCUT2D eigenvalue weighted by Crippen LogP contribution is 2.40. The van der Waals surface area contributed by atoms with Gasteiger partial charge in [0.25, 0.3) is 0 Å². The molecule has 2 aromatic rings. The maximum absolute atomic E-state index is 4.03. The molecule has 4 rings (SSSR count). The third-order valence-electron chi connectivity index (χ3n) is 5.36. The van der Waals surface area contributed by atoms with Crippen molar-refractivity contribution >= 4 is 0 Å². The van der Waals surface area contributed by atoms with E-state index in [9.17, 15) is 0 Å². The Morgan fingerprint density at radius 2 is 2.00 bits per heavy atom. The Kier molecular flexibility index (Phi) is 4.44. The van der Waals surface area contributed by atoms with Gasteiger partial charge in [0.2, 0.25) is 0 Å². The molecule has 1 aromatic carbocycles. The van der Waals surface area contributed by atoms with E-state index >= 15 is 0 Å². The van der Waals surface area contributed by atoms with E-state index in [0.717, 1.165) is 18.4 Å². The molecule has 2 atom stereocenters. The molecule has 0 bridgehead atoms. The van der Waals surface area contributed by atoms with Gasteiger partial charge in [-0.15, -0.1) is 0 Å². The predicted octanol–water partition coefficient (Wildman–Crippen LogP) is 2.77. The van der Waals surface area contributed by atoms with Crippen molar-refractivity contribution in [3.05, 3.63) is 53.9 Å². The third-order valence-corrected chi connectivity index (χ3v) is 5.36. The van der Waals surface area contributed by atoms with E-state index in [1.165, 1.54) is 50.0 Å². The summed E-state index contributed by atoms with van der Waals surface area (Å²) >= 11 is 0. The fourth-order valence-corrected chi connectivity index (χ4v) is 3.78. The van der Waals surface area contributed by atoms with Gasteiger partial charge in [-0.25, -0.2) is 0 Å². The topological polar surface area (TPSA) is 44.0 Å². The van der Waals surface area contributed by atoms with Gasteiger partial charge in [-0.1, -0.05) is 30.3 Å². The van der Waals surface area contributed by atoms with Crippen LogP contribution in [-0.4, -0.2) is 40.8 Å². The Balaban J connectivity index is 1.16. The first kappa shape index (κ1) is 14.9. The van der Waals surface area contributed by atoms with Gasteiger partial charge in [-0.2, -0.15) is 5.10 Å². The highest BCUT2D eigenvalue weighted by Gasteiger charge is 2.38. The number of hydrogen-bond donors (Lipinski definition) is 2. The highest BCUT2D eigenvalue weighted by molar-refractivity contribution is 5.27. The SMILES string of the molecule is c1ccc([C@@H]2C[C@H]2NCC2CCN(Cc3cn[nH]c3)CC2)cc1. The molecular weight excluding hydrogens is 284 g/mol. The molecule has 1 saturated carbocycles. The van der Waals surface area contributed by atoms with Crippen molar-refractivity contribution in [1.29, 1.82) is 0 Å². The summed E-state index contributed by atoms with van der Waals surface area (Å²) in [6.45, 7) is 4.65. The van der Waals surface area contributed by atoms with Gasteiger partial charge in [0.1, 0.15) is 0 Å². The van der Waals surface area contributed by atoms with E-state index in [1.54, 1.807) is 0 Å². The minimum atomic E-state index is 0.710. The van der Waals surface area contributed by atoms with Gasteiger partial charge in [0.15, 0.2) is 0 Å². The molecule has 0 spiro atoms. The summed E-state index contributed by atoms with van der Waals surface area (Å²) in [4.78, 5) is 2.55. The van der Waals surface area contributed by atoms with Gasteiger partial charge in [-0.05, 0) is 50.4 Å². The number of benzene rings is 1. The Morgan fingerprint density at radius 3 is 2.74 bits per heavy atom. The molecule has 4 nitrogen and oxygen atoms in total. The molecule has 2 aliphatic rings. The number of nitrogens with one attached hydrogen (secondary N) is 2. The molecule has 122 valence electrons. The Bertz CT molecular complexity index is 587. The largest absolute Gasteiger partial charge is 0.313 e. The van der Waals surface area contributed by atoms with Crippen LogP contribution in [0.25, 0.3) is 0 Å². The molecule has 0 unspecified atom stereocenters. The summed E-state index contributed by atoms with van der Waals surface area (Å²) in [6.07, 6.45) is 7.87. The molecule has 0 amide bonds. The second-order valence-electron chi connectivity index (χ2n) is 7.09. The maximum atomic E-state index is 4.03. The number of H-pyrrole nitrogens is 1. The first-order chi connectivity index (χ1) is 11.4. The molecule has 2 N–H and O–H groups in total. The first-order valence-electron chi connectivity index (χ1n) is 8.87. The van der Waals surface area contributed by atoms with Crippen molar-refractivity contribution in [3.63, 3.8) is 0 Å². The van der Waals surface area contributed by atoms with Gasteiger partial charge >= 0.3 is 0 Å². The lowest BCUT2D eigenvalue weighted by molar-refractivity contribution is 0.175. The molecule has 1 aromatic heterocycles. The van der Waals surface area contributed by atoms with Gasteiger partial charge < -0.3 is 5.32 Å². The third kappa shape index (κ3) is 3.82. The number of nitrogens with zero attached hydrogens (tertiary/aromatic N) is 2. The molecule has 1 aliphatic heterocycles. The van der Waals surface area contributed by atoms with Crippen LogP contribution in [-0.2, 0) is 6.54 Å². The zero-order valence-corrected chi connectivity index (χ0v) is 13.6. The normalized spacial score (nSPS) is 25.6. The van der Waals surface area contributed by atoms with Crippen LogP contribution in [0.5, 0.6) is 0 Å². The minimum Gasteiger partial charge on any atom is -0.313 e. The number of likely N-dealkylation sites (tertiary alicyclic amines) is 1. The predicted molar refractivity (Wildman–Crippen MR) is 92.2 cm³/mol. The van der Waals surface area contributed by atoms with E-state index in [1.807, 2.05) is 12.4 Å². The quantitative estimate of drug-likeness (QED) is 0.862. The van der Waals surface area contributed by atoms with Crippen molar-refractivity contribution in [2.24, 2.45) is 5.92 Å². The first-order valence-corrected chi connectivity index (χ1v) is 8.87. The average Bonchev–Trinajstić information content (AvgIpc) is 3.21. The Hall–Kier alpha value is -1.65. The van der Waals surface area contributed by atoms with Crippen molar-refractivity contribution in [3.8, 4) is 0 Å². The molecule has 2 heterocycles. The monoisotopic (exact) mass is 310 g/mol. The Morgan fingerprint density at radius 1 is 1.17 bits per heavy atom. The number of piperidine rings is 1. The lowest BCUT2D eigenvalue weighted by Gasteiger charge is -2.31. The fourth-order valence-electron chi connectivity index (χ4n) is 3.78. The summed E-state index contributed by atoms with van der Waals surface area (Å²) in [5.74, 6) is 1.59. The molecule has 2 fully saturated rings. The van der Waals surface area contributed by atoms with Crippen LogP contribution in [0.15, 0.2) is 42.7 Å². The second-order valence-corrected chi connectivity index (χ2v) is 7.09. The minimum absolute atomic E-state index is 0.710. The molecule has 23 heavy (non-hydrogen) atoms. The average molecular weight is 310 g/mol. The smallest absolute Gasteiger partial charge is 0.0532 e. The van der Waals surface area contributed by atoms with E-state index in [2.05, 4.69) is 50.7 Å². The summed E-state index contributed by atoms with van der Waals surface area (Å²) in [7, 11) is 0. The van der Waals surface area contributed by atoms with E-state index < -0.39 is 0 Å².